The highest BCUT2D eigenvalue weighted by Gasteiger charge is 2.42. The fourth-order valence-electron chi connectivity index (χ4n) is 3.26. The minimum absolute atomic E-state index is 0.0170. The number of rotatable bonds is 5. The maximum absolute atomic E-state index is 13.0. The number of carbonyl (C=O) groups excluding carboxylic acids is 2. The lowest BCUT2D eigenvalue weighted by Gasteiger charge is -2.31. The van der Waals surface area contributed by atoms with E-state index >= 15 is 0 Å². The Kier molecular flexibility index (Phi) is 4.70. The third-order valence-corrected chi connectivity index (χ3v) is 4.86. The van der Waals surface area contributed by atoms with E-state index in [1.54, 1.807) is 19.1 Å². The predicted molar refractivity (Wildman–Crippen MR) is 95.1 cm³/mol. The van der Waals surface area contributed by atoms with E-state index in [-0.39, 0.29) is 11.9 Å². The molecule has 1 unspecified atom stereocenters. The van der Waals surface area contributed by atoms with E-state index in [0.29, 0.717) is 24.6 Å². The summed E-state index contributed by atoms with van der Waals surface area (Å²) in [6, 6.07) is 6.87. The van der Waals surface area contributed by atoms with Crippen molar-refractivity contribution in [2.45, 2.75) is 26.3 Å². The van der Waals surface area contributed by atoms with E-state index in [1.165, 1.54) is 0 Å². The van der Waals surface area contributed by atoms with Gasteiger partial charge in [0, 0.05) is 13.6 Å². The van der Waals surface area contributed by atoms with Gasteiger partial charge in [0.2, 0.25) is 0 Å². The molecule has 134 valence electrons. The highest BCUT2D eigenvalue weighted by atomic mass is 16.5. The Morgan fingerprint density at radius 3 is 2.52 bits per heavy atom. The molecule has 0 aliphatic carbocycles. The SMILES string of the molecule is COc1ccc(C2NC(=O)N(C)C3=C2C(=O)N(CCC(C)C)C3)cc1. The van der Waals surface area contributed by atoms with Crippen molar-refractivity contribution >= 4 is 11.9 Å². The summed E-state index contributed by atoms with van der Waals surface area (Å²) in [6.07, 6.45) is 0.949. The van der Waals surface area contributed by atoms with Crippen LogP contribution in [0.15, 0.2) is 35.5 Å². The number of amides is 3. The summed E-state index contributed by atoms with van der Waals surface area (Å²) in [4.78, 5) is 28.7. The molecule has 0 saturated carbocycles. The quantitative estimate of drug-likeness (QED) is 0.894. The lowest BCUT2D eigenvalue weighted by Crippen LogP contribution is -2.45. The molecule has 0 spiro atoms. The number of urea groups is 1. The summed E-state index contributed by atoms with van der Waals surface area (Å²) >= 11 is 0. The van der Waals surface area contributed by atoms with Gasteiger partial charge in [-0.25, -0.2) is 4.79 Å². The molecule has 2 heterocycles. The van der Waals surface area contributed by atoms with E-state index in [0.717, 1.165) is 23.4 Å². The molecule has 3 rings (SSSR count). The number of carbonyl (C=O) groups is 2. The van der Waals surface area contributed by atoms with Crippen molar-refractivity contribution in [3.63, 3.8) is 0 Å². The van der Waals surface area contributed by atoms with Gasteiger partial charge in [0.05, 0.1) is 31.0 Å². The average molecular weight is 343 g/mol. The van der Waals surface area contributed by atoms with Gasteiger partial charge in [0.1, 0.15) is 5.75 Å². The van der Waals surface area contributed by atoms with Gasteiger partial charge in [0.25, 0.3) is 5.91 Å². The molecular formula is C19H25N3O3. The van der Waals surface area contributed by atoms with Crippen LogP contribution in [0.4, 0.5) is 4.79 Å². The largest absolute Gasteiger partial charge is 0.497 e. The lowest BCUT2D eigenvalue weighted by atomic mass is 9.95. The van der Waals surface area contributed by atoms with Crippen molar-refractivity contribution in [3.8, 4) is 5.75 Å². The zero-order valence-electron chi connectivity index (χ0n) is 15.2. The van der Waals surface area contributed by atoms with Crippen molar-refractivity contribution in [2.24, 2.45) is 5.92 Å². The number of nitrogens with zero attached hydrogens (tertiary/aromatic N) is 2. The van der Waals surface area contributed by atoms with Crippen LogP contribution in [-0.2, 0) is 4.79 Å². The molecule has 0 bridgehead atoms. The smallest absolute Gasteiger partial charge is 0.322 e. The zero-order valence-corrected chi connectivity index (χ0v) is 15.2. The third kappa shape index (κ3) is 3.21. The van der Waals surface area contributed by atoms with Crippen LogP contribution >= 0.6 is 0 Å². The molecule has 1 N–H and O–H groups in total. The van der Waals surface area contributed by atoms with Gasteiger partial charge in [-0.3, -0.25) is 9.69 Å². The topological polar surface area (TPSA) is 61.9 Å². The molecule has 2 aliphatic rings. The van der Waals surface area contributed by atoms with Crippen LogP contribution in [0.5, 0.6) is 5.75 Å². The molecule has 25 heavy (non-hydrogen) atoms. The second-order valence-corrected chi connectivity index (χ2v) is 6.98. The van der Waals surface area contributed by atoms with E-state index in [9.17, 15) is 9.59 Å². The summed E-state index contributed by atoms with van der Waals surface area (Å²) in [7, 11) is 3.33. The van der Waals surface area contributed by atoms with Crippen LogP contribution < -0.4 is 10.1 Å². The first kappa shape index (κ1) is 17.3. The summed E-state index contributed by atoms with van der Waals surface area (Å²) in [6.45, 7) is 5.49. The molecule has 6 heteroatoms. The van der Waals surface area contributed by atoms with Crippen molar-refractivity contribution in [3.05, 3.63) is 41.1 Å². The number of likely N-dealkylation sites (N-methyl/N-ethyl adjacent to an activating group) is 1. The summed E-state index contributed by atoms with van der Waals surface area (Å²) in [5.41, 5.74) is 2.36. The summed E-state index contributed by atoms with van der Waals surface area (Å²) < 4.78 is 5.19. The van der Waals surface area contributed by atoms with Crippen LogP contribution in [0.3, 0.4) is 0 Å². The van der Waals surface area contributed by atoms with E-state index in [1.807, 2.05) is 29.2 Å². The van der Waals surface area contributed by atoms with Crippen LogP contribution in [0.2, 0.25) is 0 Å². The number of methoxy groups -OCH3 is 1. The molecule has 0 fully saturated rings. The fourth-order valence-corrected chi connectivity index (χ4v) is 3.26. The molecule has 6 nitrogen and oxygen atoms in total. The lowest BCUT2D eigenvalue weighted by molar-refractivity contribution is -0.125. The highest BCUT2D eigenvalue weighted by molar-refractivity contribution is 6.01. The van der Waals surface area contributed by atoms with E-state index < -0.39 is 6.04 Å². The molecule has 1 aromatic carbocycles. The molecule has 3 amide bonds. The number of nitrogens with one attached hydrogen (secondary N) is 1. The molecule has 0 radical (unpaired) electrons. The maximum Gasteiger partial charge on any atom is 0.322 e. The monoisotopic (exact) mass is 343 g/mol. The normalized spacial score (nSPS) is 20.3. The van der Waals surface area contributed by atoms with Gasteiger partial charge >= 0.3 is 6.03 Å². The number of hydrogen-bond donors (Lipinski definition) is 1. The Labute approximate surface area is 148 Å². The third-order valence-electron chi connectivity index (χ3n) is 4.86. The zero-order chi connectivity index (χ0) is 18.1. The second-order valence-electron chi connectivity index (χ2n) is 6.98. The summed E-state index contributed by atoms with van der Waals surface area (Å²) in [5, 5.41) is 2.95. The minimum Gasteiger partial charge on any atom is -0.497 e. The van der Waals surface area contributed by atoms with Crippen LogP contribution in [0.25, 0.3) is 0 Å². The Morgan fingerprint density at radius 1 is 1.24 bits per heavy atom. The Morgan fingerprint density at radius 2 is 1.92 bits per heavy atom. The first-order valence-corrected chi connectivity index (χ1v) is 8.63. The van der Waals surface area contributed by atoms with Crippen molar-refractivity contribution in [1.29, 1.82) is 0 Å². The van der Waals surface area contributed by atoms with E-state index in [2.05, 4.69) is 19.2 Å². The first-order chi connectivity index (χ1) is 11.9. The van der Waals surface area contributed by atoms with E-state index in [4.69, 9.17) is 4.74 Å². The Balaban J connectivity index is 1.91. The van der Waals surface area contributed by atoms with Crippen LogP contribution in [0, 0.1) is 5.92 Å². The summed E-state index contributed by atoms with van der Waals surface area (Å²) in [5.74, 6) is 1.29. The minimum atomic E-state index is -0.416. The standard InChI is InChI=1S/C19H25N3O3/c1-12(2)9-10-22-11-15-16(18(22)23)17(20-19(24)21(15)3)13-5-7-14(25-4)8-6-13/h5-8,12,17H,9-11H2,1-4H3,(H,20,24). The van der Waals surface area contributed by atoms with Crippen LogP contribution in [0.1, 0.15) is 31.9 Å². The van der Waals surface area contributed by atoms with Crippen molar-refractivity contribution in [1.82, 2.24) is 15.1 Å². The van der Waals surface area contributed by atoms with Crippen molar-refractivity contribution < 1.29 is 14.3 Å². The van der Waals surface area contributed by atoms with Gasteiger partial charge in [-0.1, -0.05) is 26.0 Å². The number of benzene rings is 1. The van der Waals surface area contributed by atoms with Gasteiger partial charge in [-0.05, 0) is 30.0 Å². The number of ether oxygens (including phenoxy) is 1. The fraction of sp³-hybridized carbons (Fsp3) is 0.474. The molecule has 0 aromatic heterocycles. The predicted octanol–water partition coefficient (Wildman–Crippen LogP) is 2.53. The molecule has 0 saturated heterocycles. The Bertz CT molecular complexity index is 709. The molecule has 1 atom stereocenters. The Hall–Kier alpha value is -2.50. The average Bonchev–Trinajstić information content (AvgIpc) is 2.93. The maximum atomic E-state index is 13.0. The first-order valence-electron chi connectivity index (χ1n) is 8.63. The van der Waals surface area contributed by atoms with Gasteiger partial charge in [-0.2, -0.15) is 0 Å². The van der Waals surface area contributed by atoms with Gasteiger partial charge < -0.3 is 15.0 Å². The van der Waals surface area contributed by atoms with Crippen LogP contribution in [-0.4, -0.2) is 49.0 Å². The van der Waals surface area contributed by atoms with Gasteiger partial charge in [-0.15, -0.1) is 0 Å². The second kappa shape index (κ2) is 6.78. The van der Waals surface area contributed by atoms with Crippen molar-refractivity contribution in [2.75, 3.05) is 27.2 Å². The number of hydrogen-bond acceptors (Lipinski definition) is 3. The molecule has 1 aromatic rings. The highest BCUT2D eigenvalue weighted by Crippen LogP contribution is 2.36. The molecule has 2 aliphatic heterocycles. The molecular weight excluding hydrogens is 318 g/mol. The van der Waals surface area contributed by atoms with Gasteiger partial charge in [0.15, 0.2) is 0 Å².